The van der Waals surface area contributed by atoms with Gasteiger partial charge in [-0.15, -0.1) is 0 Å². The molecule has 0 amide bonds. The summed E-state index contributed by atoms with van der Waals surface area (Å²) in [6.07, 6.45) is 1.41. The first-order chi connectivity index (χ1) is 7.52. The molecule has 84 valence electrons. The third kappa shape index (κ3) is 1.43. The average molecular weight is 239 g/mol. The van der Waals surface area contributed by atoms with Gasteiger partial charge < -0.3 is 10.8 Å². The van der Waals surface area contributed by atoms with Gasteiger partial charge in [0.25, 0.3) is 0 Å². The SMILES string of the molecule is CC(C(=O)O)c1c(N)nc(=S)n2[nH]cnc12. The molecule has 0 aromatic carbocycles. The summed E-state index contributed by atoms with van der Waals surface area (Å²) >= 11 is 4.96. The lowest BCUT2D eigenvalue weighted by molar-refractivity contribution is -0.138. The highest BCUT2D eigenvalue weighted by Gasteiger charge is 2.22. The second-order valence-electron chi connectivity index (χ2n) is 3.30. The molecule has 2 heterocycles. The molecule has 0 bridgehead atoms. The molecule has 1 atom stereocenters. The Morgan fingerprint density at radius 3 is 3.06 bits per heavy atom. The Balaban J connectivity index is 2.82. The van der Waals surface area contributed by atoms with Crippen LogP contribution in [0.15, 0.2) is 6.33 Å². The maximum absolute atomic E-state index is 10.9. The van der Waals surface area contributed by atoms with Crippen molar-refractivity contribution in [1.82, 2.24) is 19.6 Å². The number of aromatic amines is 1. The molecule has 8 heteroatoms. The molecular formula is C8H9N5O2S. The molecule has 0 saturated carbocycles. The van der Waals surface area contributed by atoms with Crippen molar-refractivity contribution in [2.45, 2.75) is 12.8 Å². The van der Waals surface area contributed by atoms with Gasteiger partial charge in [-0.1, -0.05) is 0 Å². The quantitative estimate of drug-likeness (QED) is 0.660. The van der Waals surface area contributed by atoms with Crippen molar-refractivity contribution in [3.8, 4) is 0 Å². The number of aliphatic carboxylic acids is 1. The fourth-order valence-corrected chi connectivity index (χ4v) is 1.71. The minimum Gasteiger partial charge on any atom is -0.481 e. The second kappa shape index (κ2) is 3.56. The number of aromatic nitrogens is 4. The van der Waals surface area contributed by atoms with Crippen molar-refractivity contribution in [2.24, 2.45) is 0 Å². The molecule has 0 aliphatic carbocycles. The second-order valence-corrected chi connectivity index (χ2v) is 3.66. The number of nitrogens with zero attached hydrogens (tertiary/aromatic N) is 3. The van der Waals surface area contributed by atoms with E-state index in [0.717, 1.165) is 0 Å². The standard InChI is InChI=1S/C8H9N5O2S/c1-3(7(14)15)4-5(9)12-8(16)13-6(4)10-2-11-13/h2-3H,1H3,(H,10,11)(H,14,15)(H2,9,12,16). The monoisotopic (exact) mass is 239 g/mol. The van der Waals surface area contributed by atoms with E-state index in [2.05, 4.69) is 15.1 Å². The van der Waals surface area contributed by atoms with Gasteiger partial charge in [0.05, 0.1) is 11.5 Å². The Bertz CT molecular complexity index is 616. The summed E-state index contributed by atoms with van der Waals surface area (Å²) in [5.41, 5.74) is 6.44. The highest BCUT2D eigenvalue weighted by atomic mass is 32.1. The van der Waals surface area contributed by atoms with Crippen LogP contribution < -0.4 is 5.73 Å². The normalized spacial score (nSPS) is 12.8. The first-order valence-electron chi connectivity index (χ1n) is 4.46. The molecule has 0 fully saturated rings. The van der Waals surface area contributed by atoms with Gasteiger partial charge in [-0.05, 0) is 19.1 Å². The number of rotatable bonds is 2. The number of H-pyrrole nitrogens is 1. The third-order valence-corrected chi connectivity index (χ3v) is 2.59. The smallest absolute Gasteiger partial charge is 0.310 e. The molecule has 2 aromatic heterocycles. The molecule has 0 radical (unpaired) electrons. The van der Waals surface area contributed by atoms with E-state index in [0.29, 0.717) is 11.2 Å². The number of hydrogen-bond acceptors (Lipinski definition) is 5. The van der Waals surface area contributed by atoms with Crippen molar-refractivity contribution in [3.63, 3.8) is 0 Å². The Hall–Kier alpha value is -1.96. The summed E-state index contributed by atoms with van der Waals surface area (Å²) in [4.78, 5) is 18.8. The van der Waals surface area contributed by atoms with Gasteiger partial charge in [0, 0.05) is 0 Å². The lowest BCUT2D eigenvalue weighted by atomic mass is 10.0. The van der Waals surface area contributed by atoms with E-state index >= 15 is 0 Å². The van der Waals surface area contributed by atoms with E-state index in [1.165, 1.54) is 17.8 Å². The van der Waals surface area contributed by atoms with Gasteiger partial charge >= 0.3 is 5.97 Å². The van der Waals surface area contributed by atoms with Crippen LogP contribution in [0.1, 0.15) is 18.4 Å². The Labute approximate surface area is 94.9 Å². The maximum Gasteiger partial charge on any atom is 0.310 e. The summed E-state index contributed by atoms with van der Waals surface area (Å²) in [5, 5.41) is 11.7. The van der Waals surface area contributed by atoms with Gasteiger partial charge in [0.2, 0.25) is 4.77 Å². The number of carboxylic acids is 1. The summed E-state index contributed by atoms with van der Waals surface area (Å²) in [5.74, 6) is -1.68. The fraction of sp³-hybridized carbons (Fsp3) is 0.250. The average Bonchev–Trinajstić information content (AvgIpc) is 2.66. The molecule has 2 aromatic rings. The molecule has 0 saturated heterocycles. The van der Waals surface area contributed by atoms with Crippen LogP contribution in [0, 0.1) is 4.77 Å². The van der Waals surface area contributed by atoms with E-state index in [9.17, 15) is 4.79 Å². The largest absolute Gasteiger partial charge is 0.481 e. The minimum absolute atomic E-state index is 0.104. The van der Waals surface area contributed by atoms with Crippen molar-refractivity contribution in [2.75, 3.05) is 5.73 Å². The zero-order chi connectivity index (χ0) is 11.9. The number of nitrogens with two attached hydrogens (primary N) is 1. The lowest BCUT2D eigenvalue weighted by Gasteiger charge is -2.09. The van der Waals surface area contributed by atoms with Crippen LogP contribution in [0.2, 0.25) is 0 Å². The fourth-order valence-electron chi connectivity index (χ4n) is 1.47. The molecule has 0 aliphatic rings. The van der Waals surface area contributed by atoms with Crippen LogP contribution in [0.3, 0.4) is 0 Å². The van der Waals surface area contributed by atoms with Crippen LogP contribution in [0.4, 0.5) is 5.82 Å². The molecule has 1 unspecified atom stereocenters. The zero-order valence-corrected chi connectivity index (χ0v) is 9.15. The molecular weight excluding hydrogens is 230 g/mol. The van der Waals surface area contributed by atoms with Gasteiger partial charge in [0.15, 0.2) is 5.65 Å². The summed E-state index contributed by atoms with van der Waals surface area (Å²) < 4.78 is 1.63. The molecule has 0 aliphatic heterocycles. The lowest BCUT2D eigenvalue weighted by Crippen LogP contribution is -2.14. The van der Waals surface area contributed by atoms with Crippen LogP contribution in [-0.4, -0.2) is 30.7 Å². The Morgan fingerprint density at radius 2 is 2.44 bits per heavy atom. The maximum atomic E-state index is 10.9. The predicted molar refractivity (Wildman–Crippen MR) is 58.6 cm³/mol. The number of anilines is 1. The van der Waals surface area contributed by atoms with Crippen molar-refractivity contribution in [3.05, 3.63) is 16.7 Å². The van der Waals surface area contributed by atoms with Gasteiger partial charge in [-0.2, -0.15) is 0 Å². The molecule has 4 N–H and O–H groups in total. The first kappa shape index (κ1) is 10.6. The number of carboxylic acid groups (broad SMARTS) is 1. The molecule has 16 heavy (non-hydrogen) atoms. The van der Waals surface area contributed by atoms with E-state index < -0.39 is 11.9 Å². The first-order valence-corrected chi connectivity index (χ1v) is 4.87. The van der Waals surface area contributed by atoms with E-state index in [-0.39, 0.29) is 10.6 Å². The molecule has 2 rings (SSSR count). The summed E-state index contributed by atoms with van der Waals surface area (Å²) in [6.45, 7) is 1.52. The minimum atomic E-state index is -0.990. The van der Waals surface area contributed by atoms with Crippen LogP contribution in [0.5, 0.6) is 0 Å². The Kier molecular flexibility index (Phi) is 2.35. The molecule has 7 nitrogen and oxygen atoms in total. The summed E-state index contributed by atoms with van der Waals surface area (Å²) in [6, 6.07) is 0. The number of hydrogen-bond donors (Lipinski definition) is 3. The third-order valence-electron chi connectivity index (χ3n) is 2.31. The van der Waals surface area contributed by atoms with Crippen molar-refractivity contribution < 1.29 is 9.90 Å². The van der Waals surface area contributed by atoms with Crippen LogP contribution in [-0.2, 0) is 4.79 Å². The van der Waals surface area contributed by atoms with E-state index in [1.807, 2.05) is 0 Å². The summed E-state index contributed by atoms with van der Waals surface area (Å²) in [7, 11) is 0. The number of carbonyl (C=O) groups is 1. The van der Waals surface area contributed by atoms with Crippen LogP contribution in [0.25, 0.3) is 5.65 Å². The van der Waals surface area contributed by atoms with E-state index in [1.54, 1.807) is 0 Å². The highest BCUT2D eigenvalue weighted by molar-refractivity contribution is 7.71. The predicted octanol–water partition coefficient (Wildman–Crippen LogP) is 0.557. The topological polar surface area (TPSA) is 109 Å². The van der Waals surface area contributed by atoms with Crippen molar-refractivity contribution >= 4 is 29.7 Å². The van der Waals surface area contributed by atoms with Crippen LogP contribution >= 0.6 is 12.2 Å². The van der Waals surface area contributed by atoms with Gasteiger partial charge in [0.1, 0.15) is 12.1 Å². The Morgan fingerprint density at radius 1 is 1.75 bits per heavy atom. The zero-order valence-electron chi connectivity index (χ0n) is 8.34. The number of nitrogens with one attached hydrogen (secondary N) is 1. The molecule has 0 spiro atoms. The van der Waals surface area contributed by atoms with Crippen molar-refractivity contribution in [1.29, 1.82) is 0 Å². The van der Waals surface area contributed by atoms with Gasteiger partial charge in [-0.25, -0.2) is 14.5 Å². The number of fused-ring (bicyclic) bond motifs is 1. The van der Waals surface area contributed by atoms with E-state index in [4.69, 9.17) is 23.1 Å². The highest BCUT2D eigenvalue weighted by Crippen LogP contribution is 2.24. The number of nitrogen functional groups attached to an aromatic ring is 1. The van der Waals surface area contributed by atoms with Gasteiger partial charge in [-0.3, -0.25) is 9.89 Å².